The predicted molar refractivity (Wildman–Crippen MR) is 55.7 cm³/mol. The summed E-state index contributed by atoms with van der Waals surface area (Å²) in [7, 11) is 1.10. The van der Waals surface area contributed by atoms with E-state index in [1.54, 1.807) is 6.92 Å². The van der Waals surface area contributed by atoms with Crippen molar-refractivity contribution in [1.82, 2.24) is 0 Å². The van der Waals surface area contributed by atoms with Gasteiger partial charge >= 0.3 is 18.0 Å². The van der Waals surface area contributed by atoms with Crippen molar-refractivity contribution in [3.05, 3.63) is 10.1 Å². The minimum Gasteiger partial charge on any atom is -0.466 e. The highest BCUT2D eigenvalue weighted by atomic mass is 16.6. The number of carbonyl (C=O) groups excluding carboxylic acids is 2. The molecule has 1 aliphatic carbocycles. The molecule has 1 saturated carbocycles. The van der Waals surface area contributed by atoms with Crippen molar-refractivity contribution in [2.24, 2.45) is 5.41 Å². The first kappa shape index (κ1) is 13.4. The summed E-state index contributed by atoms with van der Waals surface area (Å²) in [5, 5.41) is 10.9. The van der Waals surface area contributed by atoms with Gasteiger partial charge in [-0.25, -0.2) is 4.79 Å². The molecule has 1 fully saturated rings. The van der Waals surface area contributed by atoms with E-state index in [1.165, 1.54) is 0 Å². The van der Waals surface area contributed by atoms with Crippen molar-refractivity contribution in [2.45, 2.75) is 32.2 Å². The molecule has 0 bridgehead atoms. The number of rotatable bonds is 6. The van der Waals surface area contributed by atoms with Gasteiger partial charge in [-0.05, 0) is 19.8 Å². The van der Waals surface area contributed by atoms with E-state index in [9.17, 15) is 19.7 Å². The molecule has 1 aliphatic rings. The lowest BCUT2D eigenvalue weighted by Crippen LogP contribution is -2.40. The van der Waals surface area contributed by atoms with Crippen LogP contribution in [-0.2, 0) is 19.1 Å². The highest BCUT2D eigenvalue weighted by Gasteiger charge is 2.61. The van der Waals surface area contributed by atoms with Crippen molar-refractivity contribution >= 4 is 11.9 Å². The average Bonchev–Trinajstić information content (AvgIpc) is 2.97. The normalized spacial score (nSPS) is 18.0. The topological polar surface area (TPSA) is 95.7 Å². The molecule has 7 nitrogen and oxygen atoms in total. The molecule has 0 spiro atoms. The summed E-state index contributed by atoms with van der Waals surface area (Å²) in [6.45, 7) is 1.87. The average molecular weight is 245 g/mol. The Labute approximate surface area is 98.2 Å². The van der Waals surface area contributed by atoms with Crippen LogP contribution in [-0.4, -0.2) is 36.6 Å². The maximum Gasteiger partial charge on any atom is 0.382 e. The van der Waals surface area contributed by atoms with Crippen LogP contribution in [0.5, 0.6) is 0 Å². The third kappa shape index (κ3) is 2.92. The lowest BCUT2D eigenvalue weighted by molar-refractivity contribution is -0.522. The zero-order chi connectivity index (χ0) is 13.1. The fraction of sp³-hybridized carbons (Fsp3) is 0.800. The summed E-state index contributed by atoms with van der Waals surface area (Å²) in [6, 6.07) is -1.48. The van der Waals surface area contributed by atoms with Crippen LogP contribution in [0.25, 0.3) is 0 Å². The first-order chi connectivity index (χ1) is 7.96. The molecule has 0 heterocycles. The van der Waals surface area contributed by atoms with Gasteiger partial charge in [-0.1, -0.05) is 0 Å². The summed E-state index contributed by atoms with van der Waals surface area (Å²) in [6.07, 6.45) is 0.820. The summed E-state index contributed by atoms with van der Waals surface area (Å²) in [5.74, 6) is -1.42. The van der Waals surface area contributed by atoms with E-state index >= 15 is 0 Å². The van der Waals surface area contributed by atoms with E-state index in [-0.39, 0.29) is 13.0 Å². The Bertz CT molecular complexity index is 336. The van der Waals surface area contributed by atoms with Gasteiger partial charge in [0.1, 0.15) is 0 Å². The lowest BCUT2D eigenvalue weighted by atomic mass is 9.93. The van der Waals surface area contributed by atoms with Gasteiger partial charge in [0, 0.05) is 4.92 Å². The number of hydrogen-bond acceptors (Lipinski definition) is 6. The summed E-state index contributed by atoms with van der Waals surface area (Å²) >= 11 is 0. The third-order valence-electron chi connectivity index (χ3n) is 2.91. The number of carbonyl (C=O) groups is 2. The molecule has 0 N–H and O–H groups in total. The number of esters is 2. The van der Waals surface area contributed by atoms with Crippen LogP contribution < -0.4 is 0 Å². The Morgan fingerprint density at radius 1 is 1.47 bits per heavy atom. The Morgan fingerprint density at radius 3 is 2.41 bits per heavy atom. The molecule has 1 unspecified atom stereocenters. The molecule has 17 heavy (non-hydrogen) atoms. The third-order valence-corrected chi connectivity index (χ3v) is 2.91. The molecule has 0 aliphatic heterocycles. The molecule has 0 saturated heterocycles. The van der Waals surface area contributed by atoms with Gasteiger partial charge in [-0.15, -0.1) is 0 Å². The van der Waals surface area contributed by atoms with Gasteiger partial charge in [0.15, 0.2) is 0 Å². The first-order valence-corrected chi connectivity index (χ1v) is 5.34. The SMILES string of the molecule is CCOC(=O)CC1(C(C(=O)OC)[N+](=O)[O-])CC1. The molecule has 0 aromatic carbocycles. The molecule has 1 atom stereocenters. The van der Waals surface area contributed by atoms with Crippen LogP contribution in [0.2, 0.25) is 0 Å². The Kier molecular flexibility index (Phi) is 4.03. The fourth-order valence-electron chi connectivity index (χ4n) is 1.88. The van der Waals surface area contributed by atoms with Crippen molar-refractivity contribution in [3.8, 4) is 0 Å². The van der Waals surface area contributed by atoms with Gasteiger partial charge < -0.3 is 9.47 Å². The number of nitro groups is 1. The zero-order valence-corrected chi connectivity index (χ0v) is 9.80. The molecule has 7 heteroatoms. The van der Waals surface area contributed by atoms with Gasteiger partial charge in [0.25, 0.3) is 0 Å². The van der Waals surface area contributed by atoms with Crippen LogP contribution >= 0.6 is 0 Å². The van der Waals surface area contributed by atoms with Gasteiger partial charge in [0.05, 0.1) is 25.6 Å². The monoisotopic (exact) mass is 245 g/mol. The maximum absolute atomic E-state index is 11.4. The number of hydrogen-bond donors (Lipinski definition) is 0. The van der Waals surface area contributed by atoms with E-state index in [4.69, 9.17) is 4.74 Å². The second-order valence-corrected chi connectivity index (χ2v) is 4.06. The molecule has 0 radical (unpaired) electrons. The molecular weight excluding hydrogens is 230 g/mol. The quantitative estimate of drug-likeness (QED) is 0.385. The standard InChI is InChI=1S/C10H15NO6/c1-3-17-7(12)6-10(4-5-10)8(11(14)15)9(13)16-2/h8H,3-6H2,1-2H3. The molecular formula is C10H15NO6. The maximum atomic E-state index is 11.4. The molecule has 1 rings (SSSR count). The highest BCUT2D eigenvalue weighted by Crippen LogP contribution is 2.53. The largest absolute Gasteiger partial charge is 0.466 e. The van der Waals surface area contributed by atoms with Crippen molar-refractivity contribution < 1.29 is 24.0 Å². The molecule has 0 aromatic heterocycles. The predicted octanol–water partition coefficient (Wildman–Crippen LogP) is 0.538. The van der Waals surface area contributed by atoms with Gasteiger partial charge in [-0.2, -0.15) is 0 Å². The van der Waals surface area contributed by atoms with Crippen LogP contribution in [0.4, 0.5) is 0 Å². The van der Waals surface area contributed by atoms with E-state index in [0.717, 1.165) is 7.11 Å². The van der Waals surface area contributed by atoms with E-state index in [2.05, 4.69) is 4.74 Å². The smallest absolute Gasteiger partial charge is 0.382 e. The fourth-order valence-corrected chi connectivity index (χ4v) is 1.88. The summed E-state index contributed by atoms with van der Waals surface area (Å²) < 4.78 is 9.16. The Balaban J connectivity index is 2.76. The molecule has 0 amide bonds. The van der Waals surface area contributed by atoms with Crippen LogP contribution in [0, 0.1) is 15.5 Å². The minimum absolute atomic E-state index is 0.110. The highest BCUT2D eigenvalue weighted by molar-refractivity contribution is 5.78. The van der Waals surface area contributed by atoms with E-state index in [0.29, 0.717) is 12.8 Å². The van der Waals surface area contributed by atoms with Crippen molar-refractivity contribution in [2.75, 3.05) is 13.7 Å². The minimum atomic E-state index is -1.48. The molecule has 0 aromatic rings. The van der Waals surface area contributed by atoms with Crippen molar-refractivity contribution in [3.63, 3.8) is 0 Å². The Morgan fingerprint density at radius 2 is 2.06 bits per heavy atom. The first-order valence-electron chi connectivity index (χ1n) is 5.34. The van der Waals surface area contributed by atoms with Crippen LogP contribution in [0.15, 0.2) is 0 Å². The van der Waals surface area contributed by atoms with Crippen LogP contribution in [0.3, 0.4) is 0 Å². The number of nitrogens with zero attached hydrogens (tertiary/aromatic N) is 1. The second kappa shape index (κ2) is 5.11. The Hall–Kier alpha value is -1.66. The molecule has 96 valence electrons. The second-order valence-electron chi connectivity index (χ2n) is 4.06. The van der Waals surface area contributed by atoms with Crippen molar-refractivity contribution in [1.29, 1.82) is 0 Å². The van der Waals surface area contributed by atoms with Gasteiger partial charge in [0.2, 0.25) is 0 Å². The summed E-state index contributed by atoms with van der Waals surface area (Å²) in [4.78, 5) is 32.9. The number of ether oxygens (including phenoxy) is 2. The summed E-state index contributed by atoms with van der Waals surface area (Å²) in [5.41, 5.74) is -0.914. The van der Waals surface area contributed by atoms with Gasteiger partial charge in [-0.3, -0.25) is 14.9 Å². The van der Waals surface area contributed by atoms with E-state index < -0.39 is 28.3 Å². The van der Waals surface area contributed by atoms with Crippen LogP contribution in [0.1, 0.15) is 26.2 Å². The van der Waals surface area contributed by atoms with E-state index in [1.807, 2.05) is 0 Å². The zero-order valence-electron chi connectivity index (χ0n) is 9.80. The lowest BCUT2D eigenvalue weighted by Gasteiger charge is -2.16. The number of methoxy groups -OCH3 is 1.